The van der Waals surface area contributed by atoms with E-state index in [9.17, 15) is 40.5 Å². The van der Waals surface area contributed by atoms with Gasteiger partial charge in [-0.3, -0.25) is 4.79 Å². The molecule has 2 aliphatic heterocycles. The average molecular weight is 609 g/mol. The predicted molar refractivity (Wildman–Crippen MR) is 152 cm³/mol. The van der Waals surface area contributed by atoms with Crippen molar-refractivity contribution in [3.63, 3.8) is 0 Å². The third kappa shape index (κ3) is 12.2. The van der Waals surface area contributed by atoms with E-state index in [1.54, 1.807) is 0 Å². The minimum atomic E-state index is -1.76. The SMILES string of the molecule is CCCCCCCCCCCCCCCCCC(=O)O[C@H]1[C@@H](O[C@H]2O[C@H](CO)[C@@H](O)[C@H](O)[C@H]2O)O[C@H](CO)[C@@H](O)[C@@H]1O. The van der Waals surface area contributed by atoms with Crippen molar-refractivity contribution in [2.24, 2.45) is 0 Å². The third-order valence-electron chi connectivity index (χ3n) is 8.19. The molecule has 248 valence electrons. The normalized spacial score (nSPS) is 33.5. The van der Waals surface area contributed by atoms with Crippen molar-refractivity contribution in [1.82, 2.24) is 0 Å². The van der Waals surface area contributed by atoms with E-state index in [0.717, 1.165) is 19.3 Å². The quantitative estimate of drug-likeness (QED) is 0.0732. The first-order valence-electron chi connectivity index (χ1n) is 16.0. The van der Waals surface area contributed by atoms with Crippen molar-refractivity contribution in [1.29, 1.82) is 0 Å². The van der Waals surface area contributed by atoms with Gasteiger partial charge in [0.1, 0.15) is 42.7 Å². The molecule has 0 aromatic rings. The molecule has 0 radical (unpaired) electrons. The molecule has 2 saturated heterocycles. The van der Waals surface area contributed by atoms with Crippen LogP contribution in [0.1, 0.15) is 110 Å². The van der Waals surface area contributed by atoms with Crippen molar-refractivity contribution in [3.05, 3.63) is 0 Å². The number of aliphatic hydroxyl groups excluding tert-OH is 7. The first-order chi connectivity index (χ1) is 20.2. The summed E-state index contributed by atoms with van der Waals surface area (Å²) in [7, 11) is 0. The van der Waals surface area contributed by atoms with Crippen LogP contribution in [0.3, 0.4) is 0 Å². The van der Waals surface area contributed by atoms with E-state index in [-0.39, 0.29) is 6.42 Å². The summed E-state index contributed by atoms with van der Waals surface area (Å²) < 4.78 is 21.8. The Morgan fingerprint density at radius 3 is 1.48 bits per heavy atom. The van der Waals surface area contributed by atoms with Crippen molar-refractivity contribution in [2.45, 2.75) is 171 Å². The van der Waals surface area contributed by atoms with Gasteiger partial charge < -0.3 is 54.7 Å². The molecule has 12 heteroatoms. The Bertz CT molecular complexity index is 710. The molecule has 2 heterocycles. The lowest BCUT2D eigenvalue weighted by atomic mass is 9.98. The fourth-order valence-corrected chi connectivity index (χ4v) is 5.45. The summed E-state index contributed by atoms with van der Waals surface area (Å²) in [6.45, 7) is 0.863. The second-order valence-corrected chi connectivity index (χ2v) is 11.7. The molecular weight excluding hydrogens is 552 g/mol. The Hall–Kier alpha value is -0.930. The molecule has 0 saturated carbocycles. The summed E-state index contributed by atoms with van der Waals surface area (Å²) in [6.07, 6.45) is 2.26. The van der Waals surface area contributed by atoms with Gasteiger partial charge in [-0.25, -0.2) is 0 Å². The predicted octanol–water partition coefficient (Wildman–Crippen LogP) is 1.42. The van der Waals surface area contributed by atoms with E-state index in [1.807, 2.05) is 0 Å². The largest absolute Gasteiger partial charge is 0.454 e. The Kier molecular flexibility index (Phi) is 18.6. The molecule has 2 aliphatic rings. The summed E-state index contributed by atoms with van der Waals surface area (Å²) in [6, 6.07) is 0. The number of aliphatic hydroxyl groups is 7. The number of ether oxygens (including phenoxy) is 4. The number of carbonyl (C=O) groups is 1. The first-order valence-corrected chi connectivity index (χ1v) is 16.0. The average Bonchev–Trinajstić information content (AvgIpc) is 2.98. The number of rotatable bonds is 21. The van der Waals surface area contributed by atoms with E-state index in [0.29, 0.717) is 6.42 Å². The van der Waals surface area contributed by atoms with Crippen molar-refractivity contribution in [2.75, 3.05) is 13.2 Å². The van der Waals surface area contributed by atoms with E-state index in [1.165, 1.54) is 70.6 Å². The van der Waals surface area contributed by atoms with Gasteiger partial charge >= 0.3 is 5.97 Å². The smallest absolute Gasteiger partial charge is 0.306 e. The molecular formula is C30H56O12. The fraction of sp³-hybridized carbons (Fsp3) is 0.967. The van der Waals surface area contributed by atoms with E-state index >= 15 is 0 Å². The molecule has 7 N–H and O–H groups in total. The zero-order valence-corrected chi connectivity index (χ0v) is 25.2. The van der Waals surface area contributed by atoms with Crippen LogP contribution in [0.4, 0.5) is 0 Å². The maximum atomic E-state index is 12.6. The number of carbonyl (C=O) groups excluding carboxylic acids is 1. The number of hydrogen-bond acceptors (Lipinski definition) is 12. The summed E-state index contributed by atoms with van der Waals surface area (Å²) in [5.74, 6) is -0.644. The number of unbranched alkanes of at least 4 members (excludes halogenated alkanes) is 14. The Balaban J connectivity index is 1.70. The molecule has 0 aromatic heterocycles. The van der Waals surface area contributed by atoms with Crippen LogP contribution in [0.5, 0.6) is 0 Å². The topological polar surface area (TPSA) is 196 Å². The van der Waals surface area contributed by atoms with Crippen LogP contribution in [-0.2, 0) is 23.7 Å². The molecule has 2 rings (SSSR count). The summed E-state index contributed by atoms with van der Waals surface area (Å²) >= 11 is 0. The second kappa shape index (κ2) is 20.9. The van der Waals surface area contributed by atoms with Crippen LogP contribution in [0.25, 0.3) is 0 Å². The maximum absolute atomic E-state index is 12.6. The monoisotopic (exact) mass is 608 g/mol. The summed E-state index contributed by atoms with van der Waals surface area (Å²) in [5, 5.41) is 70.2. The molecule has 0 aliphatic carbocycles. The molecule has 10 atom stereocenters. The van der Waals surface area contributed by atoms with Gasteiger partial charge in [-0.15, -0.1) is 0 Å². The minimum absolute atomic E-state index is 0.0771. The van der Waals surface area contributed by atoms with Crippen LogP contribution in [-0.4, -0.2) is 116 Å². The Morgan fingerprint density at radius 2 is 1.00 bits per heavy atom. The van der Waals surface area contributed by atoms with Crippen LogP contribution in [0.2, 0.25) is 0 Å². The minimum Gasteiger partial charge on any atom is -0.454 e. The maximum Gasteiger partial charge on any atom is 0.306 e. The highest BCUT2D eigenvalue weighted by molar-refractivity contribution is 5.69. The molecule has 0 unspecified atom stereocenters. The molecule has 0 amide bonds. The standard InChI is InChI=1S/C30H56O12/c1-2-3-4-5-6-7-8-9-10-11-12-13-14-15-16-17-22(33)41-28-26(37)24(35)21(19-32)40-30(28)42-29-27(38)25(36)23(34)20(18-31)39-29/h20-21,23-32,34-38H,2-19H2,1H3/t20-,21-,23-,24-,25+,26+,27-,28-,29-,30-/m1/s1. The lowest BCUT2D eigenvalue weighted by Crippen LogP contribution is -2.64. The zero-order chi connectivity index (χ0) is 30.9. The first kappa shape index (κ1) is 37.3. The highest BCUT2D eigenvalue weighted by Gasteiger charge is 2.51. The van der Waals surface area contributed by atoms with Gasteiger partial charge in [-0.05, 0) is 6.42 Å². The molecule has 0 spiro atoms. The molecule has 42 heavy (non-hydrogen) atoms. The second-order valence-electron chi connectivity index (χ2n) is 11.7. The van der Waals surface area contributed by atoms with Gasteiger partial charge in [0.15, 0.2) is 12.4 Å². The van der Waals surface area contributed by atoms with E-state index in [4.69, 9.17) is 18.9 Å². The fourth-order valence-electron chi connectivity index (χ4n) is 5.45. The summed E-state index contributed by atoms with van der Waals surface area (Å²) in [5.41, 5.74) is 0. The van der Waals surface area contributed by atoms with Crippen LogP contribution in [0.15, 0.2) is 0 Å². The number of esters is 1. The molecule has 2 fully saturated rings. The van der Waals surface area contributed by atoms with Gasteiger partial charge in [0.25, 0.3) is 0 Å². The molecule has 0 aromatic carbocycles. The molecule has 12 nitrogen and oxygen atoms in total. The van der Waals surface area contributed by atoms with E-state index in [2.05, 4.69) is 6.92 Å². The van der Waals surface area contributed by atoms with Crippen molar-refractivity contribution in [3.8, 4) is 0 Å². The van der Waals surface area contributed by atoms with Crippen LogP contribution in [0, 0.1) is 0 Å². The Labute approximate surface area is 249 Å². The van der Waals surface area contributed by atoms with Gasteiger partial charge in [0.2, 0.25) is 6.29 Å². The van der Waals surface area contributed by atoms with Gasteiger partial charge in [0.05, 0.1) is 13.2 Å². The van der Waals surface area contributed by atoms with Gasteiger partial charge in [-0.1, -0.05) is 96.8 Å². The van der Waals surface area contributed by atoms with Gasteiger partial charge in [0, 0.05) is 6.42 Å². The zero-order valence-electron chi connectivity index (χ0n) is 25.2. The van der Waals surface area contributed by atoms with Crippen molar-refractivity contribution >= 4 is 5.97 Å². The highest BCUT2D eigenvalue weighted by atomic mass is 16.8. The summed E-state index contributed by atoms with van der Waals surface area (Å²) in [4.78, 5) is 12.6. The van der Waals surface area contributed by atoms with Gasteiger partial charge in [-0.2, -0.15) is 0 Å². The Morgan fingerprint density at radius 1 is 0.571 bits per heavy atom. The third-order valence-corrected chi connectivity index (χ3v) is 8.19. The van der Waals surface area contributed by atoms with Crippen LogP contribution >= 0.6 is 0 Å². The van der Waals surface area contributed by atoms with E-state index < -0.39 is 80.6 Å². The number of hydrogen-bond donors (Lipinski definition) is 7. The molecule has 0 bridgehead atoms. The van der Waals surface area contributed by atoms with Crippen LogP contribution < -0.4 is 0 Å². The lowest BCUT2D eigenvalue weighted by Gasteiger charge is -2.45. The van der Waals surface area contributed by atoms with Crippen molar-refractivity contribution < 1.29 is 59.5 Å². The lowest BCUT2D eigenvalue weighted by molar-refractivity contribution is -0.376. The highest BCUT2D eigenvalue weighted by Crippen LogP contribution is 2.30.